The standard InChI is InChI=1S/C22H24FN5O5/c1-26-20(30)10-19(27-8-2-3-17(13-27)25-18(29)6-7-21(31)32)28(22(26)33)12-15-9-16(23)5-4-14(15)11-24/h4-5,9-10,17H,2-3,6-8,12-13H2,1H3,(H,25,29)(H,31,32)/t17-/m0/s1. The number of aliphatic carboxylic acids is 1. The number of aromatic nitrogens is 2. The molecule has 1 atom stereocenters. The van der Waals surface area contributed by atoms with Crippen LogP contribution in [-0.2, 0) is 23.2 Å². The summed E-state index contributed by atoms with van der Waals surface area (Å²) in [7, 11) is 1.34. The second-order valence-electron chi connectivity index (χ2n) is 7.93. The van der Waals surface area contributed by atoms with Crippen molar-refractivity contribution in [2.45, 2.75) is 38.3 Å². The van der Waals surface area contributed by atoms with Crippen molar-refractivity contribution < 1.29 is 19.1 Å². The number of nitrogens with zero attached hydrogens (tertiary/aromatic N) is 4. The molecule has 1 amide bonds. The van der Waals surface area contributed by atoms with Crippen LogP contribution in [-0.4, -0.2) is 45.2 Å². The second-order valence-corrected chi connectivity index (χ2v) is 7.93. The van der Waals surface area contributed by atoms with Crippen molar-refractivity contribution in [3.8, 4) is 6.07 Å². The predicted molar refractivity (Wildman–Crippen MR) is 116 cm³/mol. The number of anilines is 1. The molecule has 1 aliphatic rings. The number of hydrogen-bond donors (Lipinski definition) is 2. The van der Waals surface area contributed by atoms with Gasteiger partial charge in [0.05, 0.1) is 24.6 Å². The first-order chi connectivity index (χ1) is 15.7. The third kappa shape index (κ3) is 5.65. The number of benzene rings is 1. The molecule has 3 rings (SSSR count). The van der Waals surface area contributed by atoms with E-state index in [-0.39, 0.29) is 36.9 Å². The van der Waals surface area contributed by atoms with E-state index < -0.39 is 23.0 Å². The van der Waals surface area contributed by atoms with Gasteiger partial charge in [0.25, 0.3) is 5.56 Å². The monoisotopic (exact) mass is 457 g/mol. The van der Waals surface area contributed by atoms with Crippen molar-refractivity contribution in [1.29, 1.82) is 5.26 Å². The van der Waals surface area contributed by atoms with Gasteiger partial charge in [-0.2, -0.15) is 5.26 Å². The van der Waals surface area contributed by atoms with Crippen LogP contribution in [0.5, 0.6) is 0 Å². The molecule has 1 aromatic carbocycles. The van der Waals surface area contributed by atoms with Gasteiger partial charge in [-0.15, -0.1) is 0 Å². The van der Waals surface area contributed by atoms with Crippen molar-refractivity contribution in [3.05, 3.63) is 62.0 Å². The van der Waals surface area contributed by atoms with Gasteiger partial charge in [0.2, 0.25) is 5.91 Å². The number of carboxylic acid groups (broad SMARTS) is 1. The van der Waals surface area contributed by atoms with Gasteiger partial charge in [0.1, 0.15) is 11.6 Å². The molecule has 10 nitrogen and oxygen atoms in total. The van der Waals surface area contributed by atoms with Gasteiger partial charge < -0.3 is 15.3 Å². The number of nitriles is 1. The molecule has 1 aliphatic heterocycles. The van der Waals surface area contributed by atoms with Crippen molar-refractivity contribution in [2.24, 2.45) is 7.05 Å². The van der Waals surface area contributed by atoms with Gasteiger partial charge >= 0.3 is 11.7 Å². The molecular weight excluding hydrogens is 433 g/mol. The van der Waals surface area contributed by atoms with Crippen LogP contribution >= 0.6 is 0 Å². The maximum absolute atomic E-state index is 13.8. The van der Waals surface area contributed by atoms with Gasteiger partial charge in [0.15, 0.2) is 0 Å². The number of hydrogen-bond acceptors (Lipinski definition) is 6. The Bertz CT molecular complexity index is 1230. The minimum Gasteiger partial charge on any atom is -0.481 e. The van der Waals surface area contributed by atoms with Crippen LogP contribution in [0.4, 0.5) is 10.2 Å². The summed E-state index contributed by atoms with van der Waals surface area (Å²) in [4.78, 5) is 49.9. The average Bonchev–Trinajstić information content (AvgIpc) is 2.78. The van der Waals surface area contributed by atoms with Gasteiger partial charge in [-0.1, -0.05) is 0 Å². The van der Waals surface area contributed by atoms with Gasteiger partial charge in [-0.25, -0.2) is 9.18 Å². The largest absolute Gasteiger partial charge is 0.481 e. The highest BCUT2D eigenvalue weighted by molar-refractivity contribution is 5.80. The average molecular weight is 457 g/mol. The summed E-state index contributed by atoms with van der Waals surface area (Å²) in [6.45, 7) is 0.705. The number of carbonyl (C=O) groups is 2. The zero-order valence-electron chi connectivity index (χ0n) is 18.1. The Balaban J connectivity index is 1.91. The third-order valence-corrected chi connectivity index (χ3v) is 5.57. The van der Waals surface area contributed by atoms with E-state index in [1.54, 1.807) is 4.90 Å². The minimum absolute atomic E-state index is 0.116. The number of halogens is 1. The van der Waals surface area contributed by atoms with E-state index in [1.807, 2.05) is 6.07 Å². The fourth-order valence-electron chi connectivity index (χ4n) is 3.87. The van der Waals surface area contributed by atoms with E-state index >= 15 is 0 Å². The van der Waals surface area contributed by atoms with E-state index in [0.29, 0.717) is 37.3 Å². The number of carbonyl (C=O) groups excluding carboxylic acids is 1. The van der Waals surface area contributed by atoms with Crippen molar-refractivity contribution in [1.82, 2.24) is 14.5 Å². The van der Waals surface area contributed by atoms with Crippen LogP contribution in [0.3, 0.4) is 0 Å². The molecule has 1 aromatic heterocycles. The Kier molecular flexibility index (Phi) is 7.27. The summed E-state index contributed by atoms with van der Waals surface area (Å²) in [5, 5.41) is 20.9. The van der Waals surface area contributed by atoms with E-state index in [2.05, 4.69) is 5.32 Å². The second kappa shape index (κ2) is 10.1. The molecule has 174 valence electrons. The van der Waals surface area contributed by atoms with E-state index in [1.165, 1.54) is 29.8 Å². The summed E-state index contributed by atoms with van der Waals surface area (Å²) in [6, 6.07) is 6.67. The molecule has 2 heterocycles. The number of amides is 1. The van der Waals surface area contributed by atoms with Crippen LogP contribution in [0.2, 0.25) is 0 Å². The van der Waals surface area contributed by atoms with Crippen molar-refractivity contribution in [3.63, 3.8) is 0 Å². The first-order valence-corrected chi connectivity index (χ1v) is 10.4. The summed E-state index contributed by atoms with van der Waals surface area (Å²) in [5.41, 5.74) is -0.614. The highest BCUT2D eigenvalue weighted by Gasteiger charge is 2.25. The lowest BCUT2D eigenvalue weighted by atomic mass is 10.0. The lowest BCUT2D eigenvalue weighted by Crippen LogP contribution is -2.50. The first kappa shape index (κ1) is 23.7. The topological polar surface area (TPSA) is 137 Å². The zero-order valence-corrected chi connectivity index (χ0v) is 18.1. The minimum atomic E-state index is -1.06. The smallest absolute Gasteiger partial charge is 0.332 e. The molecule has 2 N–H and O–H groups in total. The van der Waals surface area contributed by atoms with Gasteiger partial charge in [0, 0.05) is 38.7 Å². The highest BCUT2D eigenvalue weighted by Crippen LogP contribution is 2.20. The van der Waals surface area contributed by atoms with E-state index in [0.717, 1.165) is 10.6 Å². The molecule has 1 fully saturated rings. The Morgan fingerprint density at radius 1 is 1.27 bits per heavy atom. The van der Waals surface area contributed by atoms with Crippen molar-refractivity contribution in [2.75, 3.05) is 18.0 Å². The maximum atomic E-state index is 13.8. The third-order valence-electron chi connectivity index (χ3n) is 5.57. The lowest BCUT2D eigenvalue weighted by Gasteiger charge is -2.35. The quantitative estimate of drug-likeness (QED) is 0.620. The molecule has 11 heteroatoms. The summed E-state index contributed by atoms with van der Waals surface area (Å²) in [5.74, 6) is -1.69. The first-order valence-electron chi connectivity index (χ1n) is 10.4. The number of rotatable bonds is 7. The summed E-state index contributed by atoms with van der Waals surface area (Å²) >= 11 is 0. The Morgan fingerprint density at radius 3 is 2.73 bits per heavy atom. The molecular formula is C22H24FN5O5. The fourth-order valence-corrected chi connectivity index (χ4v) is 3.87. The number of nitrogens with one attached hydrogen (secondary N) is 1. The number of piperidine rings is 1. The van der Waals surface area contributed by atoms with Crippen LogP contribution in [0, 0.1) is 17.1 Å². The Hall–Kier alpha value is -3.94. The van der Waals surface area contributed by atoms with E-state index in [4.69, 9.17) is 5.11 Å². The predicted octanol–water partition coefficient (Wildman–Crippen LogP) is 0.556. The maximum Gasteiger partial charge on any atom is 0.332 e. The molecule has 33 heavy (non-hydrogen) atoms. The molecule has 0 spiro atoms. The molecule has 1 saturated heterocycles. The fraction of sp³-hybridized carbons (Fsp3) is 0.409. The molecule has 0 saturated carbocycles. The summed E-state index contributed by atoms with van der Waals surface area (Å²) in [6.07, 6.45) is 0.911. The molecule has 2 aromatic rings. The molecule has 0 bridgehead atoms. The zero-order chi connectivity index (χ0) is 24.1. The highest BCUT2D eigenvalue weighted by atomic mass is 19.1. The molecule has 0 radical (unpaired) electrons. The molecule has 0 aliphatic carbocycles. The SMILES string of the molecule is Cn1c(=O)cc(N2CCC[C@H](NC(=O)CCC(=O)O)C2)n(Cc2cc(F)ccc2C#N)c1=O. The van der Waals surface area contributed by atoms with E-state index in [9.17, 15) is 28.8 Å². The van der Waals surface area contributed by atoms with Crippen LogP contribution in [0.1, 0.15) is 36.8 Å². The van der Waals surface area contributed by atoms with Crippen LogP contribution in [0.15, 0.2) is 33.9 Å². The van der Waals surface area contributed by atoms with Crippen LogP contribution in [0.25, 0.3) is 0 Å². The van der Waals surface area contributed by atoms with Gasteiger partial charge in [-0.05, 0) is 36.6 Å². The van der Waals surface area contributed by atoms with Crippen molar-refractivity contribution >= 4 is 17.7 Å². The Morgan fingerprint density at radius 2 is 2.03 bits per heavy atom. The van der Waals surface area contributed by atoms with Gasteiger partial charge in [-0.3, -0.25) is 23.5 Å². The lowest BCUT2D eigenvalue weighted by molar-refractivity contribution is -0.138. The summed E-state index contributed by atoms with van der Waals surface area (Å²) < 4.78 is 16.1. The normalized spacial score (nSPS) is 15.7. The van der Waals surface area contributed by atoms with Crippen LogP contribution < -0.4 is 21.5 Å². The molecule has 0 unspecified atom stereocenters. The number of carboxylic acids is 1. The Labute approximate surface area is 188 Å².